The Bertz CT molecular complexity index is 1500. The van der Waals surface area contributed by atoms with Crippen LogP contribution in [0.3, 0.4) is 0 Å². The predicted molar refractivity (Wildman–Crippen MR) is 169 cm³/mol. The summed E-state index contributed by atoms with van der Waals surface area (Å²) in [5.41, 5.74) is -0.959. The maximum Gasteiger partial charge on any atom is 0.416 e. The highest BCUT2D eigenvalue weighted by atomic mass is 19.4. The third-order valence-electron chi connectivity index (χ3n) is 8.75. The zero-order chi connectivity index (χ0) is 36.0. The number of nitrogens with zero attached hydrogens (tertiary/aromatic N) is 2. The van der Waals surface area contributed by atoms with E-state index in [9.17, 15) is 36.2 Å². The lowest BCUT2D eigenvalue weighted by Crippen LogP contribution is -2.38. The van der Waals surface area contributed by atoms with Crippen LogP contribution in [-0.2, 0) is 21.8 Å². The topological polar surface area (TPSA) is 71.5 Å². The van der Waals surface area contributed by atoms with E-state index in [0.29, 0.717) is 43.0 Å². The minimum Gasteiger partial charge on any atom is -0.496 e. The SMILES string of the molecule is CCN(C(=O)OC(C)(C)C)c1ccc(OC)c(C2=C(CN3C(O)OC(c4cc(C(F)(F)F)cc(C(F)(F)F)c4)C3C)CC(C)(C)CC2)c1. The summed E-state index contributed by atoms with van der Waals surface area (Å²) in [6, 6.07) is 5.94. The molecule has 48 heavy (non-hydrogen) atoms. The molecule has 0 spiro atoms. The third-order valence-corrected chi connectivity index (χ3v) is 8.75. The van der Waals surface area contributed by atoms with Crippen LogP contribution < -0.4 is 9.64 Å². The Labute approximate surface area is 277 Å². The van der Waals surface area contributed by atoms with E-state index >= 15 is 0 Å². The molecule has 2 aromatic carbocycles. The second-order valence-corrected chi connectivity index (χ2v) is 14.2. The van der Waals surface area contributed by atoms with Gasteiger partial charge in [-0.2, -0.15) is 26.3 Å². The van der Waals surface area contributed by atoms with Gasteiger partial charge in [0.15, 0.2) is 0 Å². The summed E-state index contributed by atoms with van der Waals surface area (Å²) in [5, 5.41) is 11.0. The fourth-order valence-corrected chi connectivity index (χ4v) is 6.36. The summed E-state index contributed by atoms with van der Waals surface area (Å²) in [5.74, 6) is 0.555. The van der Waals surface area contributed by atoms with Gasteiger partial charge in [-0.3, -0.25) is 4.90 Å². The van der Waals surface area contributed by atoms with Gasteiger partial charge >= 0.3 is 18.4 Å². The van der Waals surface area contributed by atoms with E-state index in [1.165, 1.54) is 16.9 Å². The summed E-state index contributed by atoms with van der Waals surface area (Å²) in [4.78, 5) is 16.1. The molecule has 2 aliphatic rings. The molecule has 3 unspecified atom stereocenters. The molecule has 1 amide bonds. The number of ether oxygens (including phenoxy) is 3. The van der Waals surface area contributed by atoms with E-state index in [-0.39, 0.29) is 23.6 Å². The highest BCUT2D eigenvalue weighted by Gasteiger charge is 2.44. The van der Waals surface area contributed by atoms with E-state index in [1.54, 1.807) is 39.8 Å². The van der Waals surface area contributed by atoms with Gasteiger partial charge in [0.1, 0.15) is 17.5 Å². The number of amides is 1. The average molecular weight is 687 g/mol. The largest absolute Gasteiger partial charge is 0.496 e. The van der Waals surface area contributed by atoms with Crippen molar-refractivity contribution in [2.24, 2.45) is 5.41 Å². The normalized spacial score (nSPS) is 22.2. The van der Waals surface area contributed by atoms with Crippen LogP contribution in [0.4, 0.5) is 36.8 Å². The van der Waals surface area contributed by atoms with Crippen LogP contribution in [0, 0.1) is 5.41 Å². The smallest absolute Gasteiger partial charge is 0.416 e. The third kappa shape index (κ3) is 8.46. The molecule has 1 aliphatic carbocycles. The van der Waals surface area contributed by atoms with Crippen molar-refractivity contribution >= 4 is 17.4 Å². The van der Waals surface area contributed by atoms with Gasteiger partial charge in [-0.05, 0) is 107 Å². The van der Waals surface area contributed by atoms with E-state index in [2.05, 4.69) is 13.8 Å². The molecule has 0 saturated carbocycles. The van der Waals surface area contributed by atoms with E-state index in [4.69, 9.17) is 14.2 Å². The first-order valence-corrected chi connectivity index (χ1v) is 15.8. The zero-order valence-corrected chi connectivity index (χ0v) is 28.5. The van der Waals surface area contributed by atoms with Crippen molar-refractivity contribution in [1.82, 2.24) is 4.90 Å². The number of aliphatic hydroxyl groups is 1. The van der Waals surface area contributed by atoms with E-state index in [1.807, 2.05) is 13.0 Å². The van der Waals surface area contributed by atoms with Crippen molar-refractivity contribution < 1.29 is 50.5 Å². The summed E-state index contributed by atoms with van der Waals surface area (Å²) in [7, 11) is 1.53. The minimum absolute atomic E-state index is 0.0719. The maximum atomic E-state index is 13.6. The molecule has 13 heteroatoms. The van der Waals surface area contributed by atoms with Crippen LogP contribution in [-0.4, -0.2) is 54.4 Å². The molecule has 1 fully saturated rings. The van der Waals surface area contributed by atoms with Crippen LogP contribution >= 0.6 is 0 Å². The van der Waals surface area contributed by atoms with Crippen LogP contribution in [0.15, 0.2) is 42.0 Å². The van der Waals surface area contributed by atoms with Crippen LogP contribution in [0.25, 0.3) is 5.57 Å². The number of alkyl halides is 6. The number of hydrogen-bond acceptors (Lipinski definition) is 6. The van der Waals surface area contributed by atoms with Crippen molar-refractivity contribution in [3.63, 3.8) is 0 Å². The molecular formula is C35H44F6N2O5. The van der Waals surface area contributed by atoms with Gasteiger partial charge in [0, 0.05) is 30.4 Å². The Morgan fingerprint density at radius 1 is 1.04 bits per heavy atom. The van der Waals surface area contributed by atoms with Crippen molar-refractivity contribution in [1.29, 1.82) is 0 Å². The summed E-state index contributed by atoms with van der Waals surface area (Å²) >= 11 is 0. The molecule has 2 aromatic rings. The number of anilines is 1. The summed E-state index contributed by atoms with van der Waals surface area (Å²) in [6.45, 7) is 13.4. The number of halogens is 6. The van der Waals surface area contributed by atoms with Gasteiger partial charge in [0.25, 0.3) is 0 Å². The van der Waals surface area contributed by atoms with Crippen LogP contribution in [0.1, 0.15) is 96.1 Å². The second-order valence-electron chi connectivity index (χ2n) is 14.2. The van der Waals surface area contributed by atoms with Gasteiger partial charge in [-0.15, -0.1) is 0 Å². The van der Waals surface area contributed by atoms with Gasteiger partial charge in [-0.1, -0.05) is 19.4 Å². The Balaban J connectivity index is 1.75. The fourth-order valence-electron chi connectivity index (χ4n) is 6.36. The number of allylic oxidation sites excluding steroid dienone is 1. The number of carbonyl (C=O) groups is 1. The van der Waals surface area contributed by atoms with Gasteiger partial charge in [0.2, 0.25) is 6.41 Å². The molecule has 1 aliphatic heterocycles. The molecule has 0 radical (unpaired) electrons. The lowest BCUT2D eigenvalue weighted by molar-refractivity contribution is -0.150. The monoisotopic (exact) mass is 686 g/mol. The zero-order valence-electron chi connectivity index (χ0n) is 28.5. The lowest BCUT2D eigenvalue weighted by Gasteiger charge is -2.36. The number of carbonyl (C=O) groups excluding carboxylic acids is 1. The van der Waals surface area contributed by atoms with Crippen LogP contribution in [0.2, 0.25) is 0 Å². The molecule has 0 bridgehead atoms. The molecule has 266 valence electrons. The lowest BCUT2D eigenvalue weighted by atomic mass is 9.72. The number of hydrogen-bond donors (Lipinski definition) is 1. The van der Waals surface area contributed by atoms with Crippen molar-refractivity contribution in [2.45, 2.75) is 104 Å². The fraction of sp³-hybridized carbons (Fsp3) is 0.571. The molecule has 1 N–H and O–H groups in total. The number of benzene rings is 2. The molecule has 4 rings (SSSR count). The first kappa shape index (κ1) is 37.5. The molecule has 1 heterocycles. The number of aliphatic hydroxyl groups excluding tert-OH is 1. The quantitative estimate of drug-likeness (QED) is 0.293. The Morgan fingerprint density at radius 2 is 1.65 bits per heavy atom. The molecule has 0 aromatic heterocycles. The Hall–Kier alpha value is -3.29. The van der Waals surface area contributed by atoms with E-state index < -0.39 is 53.7 Å². The van der Waals surface area contributed by atoms with Gasteiger partial charge in [0.05, 0.1) is 18.2 Å². The second kappa shape index (κ2) is 13.5. The van der Waals surface area contributed by atoms with Crippen molar-refractivity contribution in [3.8, 4) is 5.75 Å². The van der Waals surface area contributed by atoms with Crippen molar-refractivity contribution in [3.05, 3.63) is 64.2 Å². The van der Waals surface area contributed by atoms with Gasteiger partial charge in [-0.25, -0.2) is 9.69 Å². The predicted octanol–water partition coefficient (Wildman–Crippen LogP) is 9.20. The highest BCUT2D eigenvalue weighted by molar-refractivity contribution is 5.89. The van der Waals surface area contributed by atoms with Crippen molar-refractivity contribution in [2.75, 3.05) is 25.1 Å². The number of rotatable bonds is 7. The molecular weight excluding hydrogens is 642 g/mol. The Kier molecular flexibility index (Phi) is 10.6. The first-order chi connectivity index (χ1) is 22.0. The van der Waals surface area contributed by atoms with Crippen LogP contribution in [0.5, 0.6) is 5.75 Å². The van der Waals surface area contributed by atoms with E-state index in [0.717, 1.165) is 23.1 Å². The molecule has 3 atom stereocenters. The standard InChI is InChI=1S/C35H44F6N2O5/c1-9-42(31(45)48-32(3,4)5)25-10-11-28(46-8)27(17-25)26-12-13-33(6,7)18-22(26)19-43-20(2)29(47-30(43)44)21-14-23(34(36,37)38)16-24(15-21)35(39,40)41/h10-11,14-17,20,29-30,44H,9,12-13,18-19H2,1-8H3. The molecule has 1 saturated heterocycles. The summed E-state index contributed by atoms with van der Waals surface area (Å²) in [6.07, 6.45) is -11.4. The highest BCUT2D eigenvalue weighted by Crippen LogP contribution is 2.47. The van der Waals surface area contributed by atoms with Gasteiger partial charge < -0.3 is 19.3 Å². The first-order valence-electron chi connectivity index (χ1n) is 15.8. The maximum absolute atomic E-state index is 13.6. The molecule has 7 nitrogen and oxygen atoms in total. The average Bonchev–Trinajstić information content (AvgIpc) is 3.23. The summed E-state index contributed by atoms with van der Waals surface area (Å²) < 4.78 is 98.8. The minimum atomic E-state index is -5.02. The number of methoxy groups -OCH3 is 1. The Morgan fingerprint density at radius 3 is 2.17 bits per heavy atom.